The van der Waals surface area contributed by atoms with Crippen LogP contribution in [0.3, 0.4) is 0 Å². The number of hydrogen-bond acceptors (Lipinski definition) is 1. The summed E-state index contributed by atoms with van der Waals surface area (Å²) in [5, 5.41) is 9.19. The number of aliphatic carboxylic acids is 1. The quantitative estimate of drug-likeness (QED) is 0.686. The van der Waals surface area contributed by atoms with Gasteiger partial charge in [-0.2, -0.15) is 0 Å². The molecule has 2 heteroatoms. The second-order valence-electron chi connectivity index (χ2n) is 4.39. The summed E-state index contributed by atoms with van der Waals surface area (Å²) in [6.07, 6.45) is 5.39. The van der Waals surface area contributed by atoms with Gasteiger partial charge < -0.3 is 5.11 Å². The molecule has 0 spiro atoms. The van der Waals surface area contributed by atoms with Crippen molar-refractivity contribution in [2.24, 2.45) is 17.3 Å². The fourth-order valence-corrected chi connectivity index (χ4v) is 3.29. The van der Waals surface area contributed by atoms with Crippen LogP contribution in [0.4, 0.5) is 0 Å². The van der Waals surface area contributed by atoms with Crippen LogP contribution in [0.25, 0.3) is 0 Å². The Kier molecular flexibility index (Phi) is 1.67. The molecule has 12 heavy (non-hydrogen) atoms. The molecule has 2 aliphatic carbocycles. The van der Waals surface area contributed by atoms with Gasteiger partial charge in [-0.3, -0.25) is 4.79 Å². The van der Waals surface area contributed by atoms with Crippen molar-refractivity contribution in [3.63, 3.8) is 0 Å². The van der Waals surface area contributed by atoms with Crippen molar-refractivity contribution in [2.45, 2.75) is 39.0 Å². The first-order valence-corrected chi connectivity index (χ1v) is 4.92. The minimum atomic E-state index is -0.544. The van der Waals surface area contributed by atoms with Crippen LogP contribution in [-0.2, 0) is 4.79 Å². The van der Waals surface area contributed by atoms with Crippen molar-refractivity contribution in [1.82, 2.24) is 0 Å². The fourth-order valence-electron chi connectivity index (χ4n) is 3.29. The minimum absolute atomic E-state index is 0.330. The maximum absolute atomic E-state index is 11.1. The molecule has 0 heterocycles. The third-order valence-electron chi connectivity index (χ3n) is 4.03. The van der Waals surface area contributed by atoms with Crippen LogP contribution in [0.5, 0.6) is 0 Å². The third kappa shape index (κ3) is 0.838. The van der Waals surface area contributed by atoms with Crippen LogP contribution in [0.1, 0.15) is 39.0 Å². The molecule has 2 nitrogen and oxygen atoms in total. The summed E-state index contributed by atoms with van der Waals surface area (Å²) in [6.45, 7) is 2.02. The summed E-state index contributed by atoms with van der Waals surface area (Å²) in [6, 6.07) is 0. The molecule has 2 saturated carbocycles. The molecular weight excluding hydrogens is 152 g/mol. The highest BCUT2D eigenvalue weighted by Gasteiger charge is 2.54. The standard InChI is InChI=1S/C10H16O2/c1-2-10(9(11)12)6-7-3-4-8(10)5-7/h7-8H,2-6H2,1H3,(H,11,12)/t7-,8+,10+/m1/s1. The first-order valence-electron chi connectivity index (χ1n) is 4.92. The molecule has 0 unspecified atom stereocenters. The van der Waals surface area contributed by atoms with Crippen LogP contribution in [0.2, 0.25) is 0 Å². The van der Waals surface area contributed by atoms with E-state index in [0.29, 0.717) is 5.92 Å². The molecule has 1 N–H and O–H groups in total. The van der Waals surface area contributed by atoms with E-state index in [9.17, 15) is 9.90 Å². The number of rotatable bonds is 2. The van der Waals surface area contributed by atoms with Crippen molar-refractivity contribution < 1.29 is 9.90 Å². The van der Waals surface area contributed by atoms with Gasteiger partial charge in [-0.1, -0.05) is 13.3 Å². The first-order chi connectivity index (χ1) is 5.69. The summed E-state index contributed by atoms with van der Waals surface area (Å²) < 4.78 is 0. The van der Waals surface area contributed by atoms with Crippen LogP contribution in [0, 0.1) is 17.3 Å². The van der Waals surface area contributed by atoms with Crippen molar-refractivity contribution in [1.29, 1.82) is 0 Å². The zero-order chi connectivity index (χ0) is 8.77. The van der Waals surface area contributed by atoms with E-state index in [1.165, 1.54) is 12.8 Å². The van der Waals surface area contributed by atoms with E-state index in [1.807, 2.05) is 6.92 Å². The highest BCUT2D eigenvalue weighted by molar-refractivity contribution is 5.75. The number of carboxylic acids is 1. The molecule has 0 amide bonds. The molecule has 0 aliphatic heterocycles. The van der Waals surface area contributed by atoms with Gasteiger partial charge in [0.15, 0.2) is 0 Å². The molecule has 2 bridgehead atoms. The fraction of sp³-hybridized carbons (Fsp3) is 0.900. The smallest absolute Gasteiger partial charge is 0.309 e. The van der Waals surface area contributed by atoms with E-state index in [2.05, 4.69) is 0 Å². The summed E-state index contributed by atoms with van der Waals surface area (Å²) in [7, 11) is 0. The summed E-state index contributed by atoms with van der Waals surface area (Å²) in [4.78, 5) is 11.1. The number of hydrogen-bond donors (Lipinski definition) is 1. The Morgan fingerprint density at radius 2 is 2.33 bits per heavy atom. The normalized spacial score (nSPS) is 45.1. The van der Waals surface area contributed by atoms with Crippen molar-refractivity contribution >= 4 is 5.97 Å². The minimum Gasteiger partial charge on any atom is -0.481 e. The maximum Gasteiger partial charge on any atom is 0.309 e. The SMILES string of the molecule is CC[C@]1(C(=O)O)C[C@@H]2CC[C@H]1C2. The Bertz CT molecular complexity index is 212. The lowest BCUT2D eigenvalue weighted by Gasteiger charge is -2.32. The molecule has 0 saturated heterocycles. The van der Waals surface area contributed by atoms with Crippen LogP contribution >= 0.6 is 0 Å². The van der Waals surface area contributed by atoms with Gasteiger partial charge in [0.2, 0.25) is 0 Å². The van der Waals surface area contributed by atoms with Gasteiger partial charge in [0.1, 0.15) is 0 Å². The van der Waals surface area contributed by atoms with Crippen LogP contribution in [-0.4, -0.2) is 11.1 Å². The predicted octanol–water partition coefficient (Wildman–Crippen LogP) is 2.29. The lowest BCUT2D eigenvalue weighted by Crippen LogP contribution is -2.35. The lowest BCUT2D eigenvalue weighted by molar-refractivity contribution is -0.152. The van der Waals surface area contributed by atoms with Gasteiger partial charge in [-0.15, -0.1) is 0 Å². The molecule has 0 radical (unpaired) electrons. The summed E-state index contributed by atoms with van der Waals surface area (Å²) >= 11 is 0. The molecule has 0 aromatic heterocycles. The molecule has 3 atom stereocenters. The van der Waals surface area contributed by atoms with Gasteiger partial charge in [0.05, 0.1) is 5.41 Å². The molecule has 0 aromatic rings. The van der Waals surface area contributed by atoms with Gasteiger partial charge in [-0.25, -0.2) is 0 Å². The van der Waals surface area contributed by atoms with Crippen molar-refractivity contribution in [3.8, 4) is 0 Å². The van der Waals surface area contributed by atoms with Crippen molar-refractivity contribution in [3.05, 3.63) is 0 Å². The topological polar surface area (TPSA) is 37.3 Å². The van der Waals surface area contributed by atoms with Crippen molar-refractivity contribution in [2.75, 3.05) is 0 Å². The Balaban J connectivity index is 2.25. The molecular formula is C10H16O2. The van der Waals surface area contributed by atoms with E-state index < -0.39 is 5.97 Å². The van der Waals surface area contributed by atoms with Gasteiger partial charge in [0.25, 0.3) is 0 Å². The van der Waals surface area contributed by atoms with E-state index in [-0.39, 0.29) is 5.41 Å². The third-order valence-corrected chi connectivity index (χ3v) is 4.03. The Morgan fingerprint density at radius 1 is 1.58 bits per heavy atom. The molecule has 2 aliphatic rings. The number of carbonyl (C=O) groups is 1. The average molecular weight is 168 g/mol. The summed E-state index contributed by atoms with van der Waals surface area (Å²) in [5.41, 5.74) is -0.330. The molecule has 2 rings (SSSR count). The average Bonchev–Trinajstić information content (AvgIpc) is 2.62. The van der Waals surface area contributed by atoms with E-state index in [0.717, 1.165) is 25.2 Å². The highest BCUT2D eigenvalue weighted by atomic mass is 16.4. The molecule has 2 fully saturated rings. The predicted molar refractivity (Wildman–Crippen MR) is 45.8 cm³/mol. The van der Waals surface area contributed by atoms with Gasteiger partial charge in [0, 0.05) is 0 Å². The van der Waals surface area contributed by atoms with E-state index in [4.69, 9.17) is 0 Å². The van der Waals surface area contributed by atoms with Gasteiger partial charge in [-0.05, 0) is 37.5 Å². The Labute approximate surface area is 73.0 Å². The first kappa shape index (κ1) is 8.09. The maximum atomic E-state index is 11.1. The van der Waals surface area contributed by atoms with Crippen LogP contribution in [0.15, 0.2) is 0 Å². The zero-order valence-corrected chi connectivity index (χ0v) is 7.55. The molecule has 0 aromatic carbocycles. The molecule has 68 valence electrons. The highest BCUT2D eigenvalue weighted by Crippen LogP contribution is 2.57. The number of fused-ring (bicyclic) bond motifs is 2. The second kappa shape index (κ2) is 2.48. The Hall–Kier alpha value is -0.530. The van der Waals surface area contributed by atoms with E-state index in [1.54, 1.807) is 0 Å². The second-order valence-corrected chi connectivity index (χ2v) is 4.39. The number of carboxylic acid groups (broad SMARTS) is 1. The van der Waals surface area contributed by atoms with Crippen LogP contribution < -0.4 is 0 Å². The largest absolute Gasteiger partial charge is 0.481 e. The van der Waals surface area contributed by atoms with E-state index >= 15 is 0 Å². The zero-order valence-electron chi connectivity index (χ0n) is 7.55. The Morgan fingerprint density at radius 3 is 2.58 bits per heavy atom. The lowest BCUT2D eigenvalue weighted by atomic mass is 9.71. The monoisotopic (exact) mass is 168 g/mol. The van der Waals surface area contributed by atoms with Gasteiger partial charge >= 0.3 is 5.97 Å². The summed E-state index contributed by atoms with van der Waals surface area (Å²) in [5.74, 6) is 0.674.